The Morgan fingerprint density at radius 1 is 0.742 bits per heavy atom. The Labute approximate surface area is 198 Å². The van der Waals surface area contributed by atoms with E-state index in [1.165, 1.54) is 0 Å². The van der Waals surface area contributed by atoms with Gasteiger partial charge in [0.05, 0.1) is 12.2 Å². The SMILES string of the molecule is C#C[C@H](C[C@@H](O[Si](CC)(CC)CC)[C@H](C)O[Si](C)(C)C(C)(C)C)O[Si](C)(C)C(C)(C)C. The molecule has 0 bridgehead atoms. The highest BCUT2D eigenvalue weighted by Gasteiger charge is 2.43. The summed E-state index contributed by atoms with van der Waals surface area (Å²) in [5.74, 6) is 2.95. The first-order valence-electron chi connectivity index (χ1n) is 12.3. The lowest BCUT2D eigenvalue weighted by Crippen LogP contribution is -2.51. The molecular weight excluding hydrogens is 433 g/mol. The van der Waals surface area contributed by atoms with Crippen LogP contribution in [0, 0.1) is 12.3 Å². The van der Waals surface area contributed by atoms with Gasteiger partial charge in [-0.2, -0.15) is 0 Å². The molecular formula is C25H54O3Si3. The van der Waals surface area contributed by atoms with Gasteiger partial charge in [-0.15, -0.1) is 6.42 Å². The van der Waals surface area contributed by atoms with Crippen molar-refractivity contribution in [1.82, 2.24) is 0 Å². The molecule has 0 N–H and O–H groups in total. The molecule has 0 saturated heterocycles. The summed E-state index contributed by atoms with van der Waals surface area (Å²) in [5, 5.41) is 0.278. The van der Waals surface area contributed by atoms with Crippen molar-refractivity contribution in [2.75, 3.05) is 0 Å². The molecule has 0 rings (SSSR count). The van der Waals surface area contributed by atoms with E-state index >= 15 is 0 Å². The number of terminal acetylenes is 1. The normalized spacial score (nSPS) is 17.2. The molecule has 6 heteroatoms. The van der Waals surface area contributed by atoms with Crippen LogP contribution in [0.3, 0.4) is 0 Å². The zero-order valence-electron chi connectivity index (χ0n) is 23.4. The molecule has 0 fully saturated rings. The molecule has 31 heavy (non-hydrogen) atoms. The van der Waals surface area contributed by atoms with Crippen LogP contribution >= 0.6 is 0 Å². The Bertz CT molecular complexity index is 570. The second-order valence-corrected chi connectivity index (χ2v) is 26.5. The molecule has 0 unspecified atom stereocenters. The van der Waals surface area contributed by atoms with Crippen molar-refractivity contribution < 1.29 is 13.3 Å². The summed E-state index contributed by atoms with van der Waals surface area (Å²) in [7, 11) is -5.71. The molecule has 0 saturated carbocycles. The largest absolute Gasteiger partial charge is 0.412 e. The molecule has 3 nitrogen and oxygen atoms in total. The lowest BCUT2D eigenvalue weighted by Gasteiger charge is -2.44. The predicted octanol–water partition coefficient (Wildman–Crippen LogP) is 8.20. The van der Waals surface area contributed by atoms with Crippen LogP contribution in [0.4, 0.5) is 0 Å². The highest BCUT2D eigenvalue weighted by molar-refractivity contribution is 6.75. The molecule has 0 spiro atoms. The van der Waals surface area contributed by atoms with Crippen molar-refractivity contribution in [3.8, 4) is 12.3 Å². The molecule has 0 radical (unpaired) electrons. The fraction of sp³-hybridized carbons (Fsp3) is 0.920. The molecule has 0 aromatic rings. The third-order valence-corrected chi connectivity index (χ3v) is 21.7. The first-order chi connectivity index (χ1) is 13.8. The maximum atomic E-state index is 7.01. The van der Waals surface area contributed by atoms with Crippen molar-refractivity contribution in [2.45, 2.75) is 148 Å². The molecule has 0 aromatic heterocycles. The summed E-state index contributed by atoms with van der Waals surface area (Å²) in [6.45, 7) is 31.8. The van der Waals surface area contributed by atoms with Crippen molar-refractivity contribution in [3.63, 3.8) is 0 Å². The van der Waals surface area contributed by atoms with E-state index in [1.54, 1.807) is 0 Å². The zero-order valence-corrected chi connectivity index (χ0v) is 26.4. The molecule has 0 aromatic carbocycles. The minimum Gasteiger partial charge on any atom is -0.412 e. The molecule has 0 aliphatic heterocycles. The second-order valence-electron chi connectivity index (χ2n) is 12.3. The van der Waals surface area contributed by atoms with E-state index in [9.17, 15) is 0 Å². The number of rotatable bonds is 12. The fourth-order valence-electron chi connectivity index (χ4n) is 3.27. The standard InChI is InChI=1S/C25H54O3Si3/c1-16-22(27-30(14,15)25(9,10)11)20-23(28-31(17-2,18-3)19-4)21(5)26-29(12,13)24(6,7)8/h1,21-23H,17-20H2,2-15H3/t21-,22+,23+/m0/s1. The molecule has 0 aliphatic rings. The second kappa shape index (κ2) is 11.5. The van der Waals surface area contributed by atoms with Crippen LogP contribution in [-0.4, -0.2) is 43.3 Å². The highest BCUT2D eigenvalue weighted by Crippen LogP contribution is 2.40. The Morgan fingerprint density at radius 2 is 1.13 bits per heavy atom. The lowest BCUT2D eigenvalue weighted by molar-refractivity contribution is 0.0244. The van der Waals surface area contributed by atoms with Gasteiger partial charge in [-0.1, -0.05) is 68.2 Å². The topological polar surface area (TPSA) is 27.7 Å². The minimum atomic E-state index is -1.97. The monoisotopic (exact) mass is 486 g/mol. The first-order valence-corrected chi connectivity index (χ1v) is 20.7. The Hall–Kier alpha value is 0.0906. The average Bonchev–Trinajstić information content (AvgIpc) is 2.62. The zero-order chi connectivity index (χ0) is 24.9. The Kier molecular flexibility index (Phi) is 11.5. The van der Waals surface area contributed by atoms with Crippen LogP contribution in [0.15, 0.2) is 0 Å². The van der Waals surface area contributed by atoms with Gasteiger partial charge >= 0.3 is 0 Å². The van der Waals surface area contributed by atoms with Crippen LogP contribution in [-0.2, 0) is 13.3 Å². The lowest BCUT2D eigenvalue weighted by atomic mass is 10.1. The van der Waals surface area contributed by atoms with Gasteiger partial charge in [-0.05, 0) is 61.3 Å². The summed E-state index contributed by atoms with van der Waals surface area (Å²) >= 11 is 0. The van der Waals surface area contributed by atoms with Crippen LogP contribution in [0.1, 0.15) is 75.7 Å². The summed E-state index contributed by atoms with van der Waals surface area (Å²) < 4.78 is 20.5. The average molecular weight is 487 g/mol. The van der Waals surface area contributed by atoms with E-state index in [0.29, 0.717) is 6.42 Å². The molecule has 184 valence electrons. The van der Waals surface area contributed by atoms with Gasteiger partial charge in [0.2, 0.25) is 0 Å². The predicted molar refractivity (Wildman–Crippen MR) is 145 cm³/mol. The van der Waals surface area contributed by atoms with Gasteiger partial charge in [-0.3, -0.25) is 0 Å². The van der Waals surface area contributed by atoms with Gasteiger partial charge < -0.3 is 13.3 Å². The van der Waals surface area contributed by atoms with Crippen LogP contribution in [0.5, 0.6) is 0 Å². The molecule has 0 heterocycles. The third kappa shape index (κ3) is 8.75. The summed E-state index contributed by atoms with van der Waals surface area (Å²) in [4.78, 5) is 0. The van der Waals surface area contributed by atoms with Crippen molar-refractivity contribution >= 4 is 25.0 Å². The fourth-order valence-corrected chi connectivity index (χ4v) is 8.86. The van der Waals surface area contributed by atoms with E-state index in [4.69, 9.17) is 19.7 Å². The van der Waals surface area contributed by atoms with Gasteiger partial charge in [-0.25, -0.2) is 0 Å². The Balaban J connectivity index is 5.89. The maximum absolute atomic E-state index is 7.01. The van der Waals surface area contributed by atoms with Crippen molar-refractivity contribution in [2.24, 2.45) is 0 Å². The van der Waals surface area contributed by atoms with E-state index in [1.807, 2.05) is 0 Å². The summed E-state index contributed by atoms with van der Waals surface area (Å²) in [5.41, 5.74) is 0. The van der Waals surface area contributed by atoms with Gasteiger partial charge in [0, 0.05) is 6.42 Å². The quantitative estimate of drug-likeness (QED) is 0.205. The third-order valence-electron chi connectivity index (χ3n) is 8.02. The summed E-state index contributed by atoms with van der Waals surface area (Å²) in [6.07, 6.45) is 6.42. The van der Waals surface area contributed by atoms with Crippen LogP contribution in [0.2, 0.25) is 54.4 Å². The van der Waals surface area contributed by atoms with E-state index in [2.05, 4.69) is 101 Å². The highest BCUT2D eigenvalue weighted by atomic mass is 28.4. The minimum absolute atomic E-state index is 0.00344. The summed E-state index contributed by atoms with van der Waals surface area (Å²) in [6, 6.07) is 3.35. The number of hydrogen-bond acceptors (Lipinski definition) is 3. The van der Waals surface area contributed by atoms with E-state index in [0.717, 1.165) is 18.1 Å². The Morgan fingerprint density at radius 3 is 1.45 bits per heavy atom. The first kappa shape index (κ1) is 31.1. The molecule has 3 atom stereocenters. The van der Waals surface area contributed by atoms with Crippen molar-refractivity contribution in [3.05, 3.63) is 0 Å². The number of hydrogen-bond donors (Lipinski definition) is 0. The van der Waals surface area contributed by atoms with E-state index in [-0.39, 0.29) is 28.4 Å². The van der Waals surface area contributed by atoms with Gasteiger partial charge in [0.25, 0.3) is 0 Å². The smallest absolute Gasteiger partial charge is 0.193 e. The van der Waals surface area contributed by atoms with Gasteiger partial charge in [0.15, 0.2) is 25.0 Å². The van der Waals surface area contributed by atoms with Crippen LogP contribution in [0.25, 0.3) is 0 Å². The van der Waals surface area contributed by atoms with E-state index < -0.39 is 25.0 Å². The van der Waals surface area contributed by atoms with Crippen LogP contribution < -0.4 is 0 Å². The molecule has 0 amide bonds. The van der Waals surface area contributed by atoms with Gasteiger partial charge in [0.1, 0.15) is 6.10 Å². The molecule has 0 aliphatic carbocycles. The maximum Gasteiger partial charge on any atom is 0.193 e. The van der Waals surface area contributed by atoms with Crippen molar-refractivity contribution in [1.29, 1.82) is 0 Å².